The van der Waals surface area contributed by atoms with Crippen molar-refractivity contribution in [3.8, 4) is 0 Å². The van der Waals surface area contributed by atoms with Crippen LogP contribution in [0.5, 0.6) is 0 Å². The van der Waals surface area contributed by atoms with Gasteiger partial charge in [0.05, 0.1) is 0 Å². The maximum absolute atomic E-state index is 4.08. The molecule has 2 heteroatoms. The monoisotopic (exact) mass is 244 g/mol. The highest BCUT2D eigenvalue weighted by Gasteiger charge is 2.21. The van der Waals surface area contributed by atoms with E-state index in [1.54, 1.807) is 0 Å². The maximum atomic E-state index is 4.08. The largest absolute Gasteiger partial charge is 0.364 e. The quantitative estimate of drug-likeness (QED) is 0.819. The van der Waals surface area contributed by atoms with Gasteiger partial charge in [-0.05, 0) is 57.5 Å². The second-order valence-corrected chi connectivity index (χ2v) is 5.41. The molecule has 18 heavy (non-hydrogen) atoms. The Balaban J connectivity index is 2.20. The van der Waals surface area contributed by atoms with E-state index in [-0.39, 0.29) is 0 Å². The van der Waals surface area contributed by atoms with Crippen molar-refractivity contribution in [1.29, 1.82) is 0 Å². The van der Waals surface area contributed by atoms with Gasteiger partial charge in [-0.3, -0.25) is 0 Å². The first kappa shape index (κ1) is 13.2. The lowest BCUT2D eigenvalue weighted by Crippen LogP contribution is -2.44. The van der Waals surface area contributed by atoms with Gasteiger partial charge in [-0.2, -0.15) is 0 Å². The van der Waals surface area contributed by atoms with E-state index in [9.17, 15) is 0 Å². The predicted octanol–water partition coefficient (Wildman–Crippen LogP) is 3.13. The van der Waals surface area contributed by atoms with Crippen LogP contribution >= 0.6 is 0 Å². The van der Waals surface area contributed by atoms with Gasteiger partial charge in [0, 0.05) is 18.3 Å². The van der Waals surface area contributed by atoms with Crippen LogP contribution in [0.3, 0.4) is 0 Å². The van der Waals surface area contributed by atoms with E-state index < -0.39 is 0 Å². The molecule has 0 atom stereocenters. The van der Waals surface area contributed by atoms with Crippen LogP contribution in [0.2, 0.25) is 0 Å². The summed E-state index contributed by atoms with van der Waals surface area (Å²) in [5.74, 6) is 0. The highest BCUT2D eigenvalue weighted by Crippen LogP contribution is 2.23. The van der Waals surface area contributed by atoms with Crippen molar-refractivity contribution in [2.75, 3.05) is 24.5 Å². The van der Waals surface area contributed by atoms with Crippen LogP contribution in [0.25, 0.3) is 0 Å². The molecule has 2 rings (SSSR count). The average Bonchev–Trinajstić information content (AvgIpc) is 2.37. The summed E-state index contributed by atoms with van der Waals surface area (Å²) < 4.78 is 0. The standard InChI is InChI=1S/C16H24N2/c1-13(2)12-18(15-7-9-17-10-8-15)16-6-4-5-14(3)11-16/h4-6,11,15,17H,1,7-10,12H2,2-3H3. The van der Waals surface area contributed by atoms with Crippen molar-refractivity contribution in [3.05, 3.63) is 42.0 Å². The van der Waals surface area contributed by atoms with E-state index in [1.807, 2.05) is 0 Å². The zero-order valence-electron chi connectivity index (χ0n) is 11.6. The summed E-state index contributed by atoms with van der Waals surface area (Å²) in [4.78, 5) is 2.52. The predicted molar refractivity (Wildman–Crippen MR) is 79.2 cm³/mol. The molecule has 0 spiro atoms. The summed E-state index contributed by atoms with van der Waals surface area (Å²) in [6, 6.07) is 9.45. The van der Waals surface area contributed by atoms with E-state index in [0.29, 0.717) is 6.04 Å². The molecule has 1 heterocycles. The van der Waals surface area contributed by atoms with Gasteiger partial charge in [-0.25, -0.2) is 0 Å². The molecule has 0 saturated carbocycles. The topological polar surface area (TPSA) is 15.3 Å². The lowest BCUT2D eigenvalue weighted by molar-refractivity contribution is 0.435. The van der Waals surface area contributed by atoms with Crippen molar-refractivity contribution >= 4 is 5.69 Å². The molecule has 0 aliphatic carbocycles. The Kier molecular flexibility index (Phi) is 4.43. The number of aryl methyl sites for hydroxylation is 1. The van der Waals surface area contributed by atoms with Gasteiger partial charge in [0.15, 0.2) is 0 Å². The molecule has 1 N–H and O–H groups in total. The van der Waals surface area contributed by atoms with E-state index >= 15 is 0 Å². The molecule has 0 aromatic heterocycles. The Morgan fingerprint density at radius 3 is 2.72 bits per heavy atom. The van der Waals surface area contributed by atoms with Crippen molar-refractivity contribution in [1.82, 2.24) is 5.32 Å². The molecule has 1 aliphatic rings. The van der Waals surface area contributed by atoms with Crippen LogP contribution in [0.4, 0.5) is 5.69 Å². The van der Waals surface area contributed by atoms with Crippen molar-refractivity contribution in [2.24, 2.45) is 0 Å². The highest BCUT2D eigenvalue weighted by atomic mass is 15.2. The Bertz CT molecular complexity index is 405. The molecule has 1 saturated heterocycles. The van der Waals surface area contributed by atoms with Crippen LogP contribution in [0.1, 0.15) is 25.3 Å². The second kappa shape index (κ2) is 6.05. The van der Waals surface area contributed by atoms with Gasteiger partial charge in [0.25, 0.3) is 0 Å². The number of hydrogen-bond donors (Lipinski definition) is 1. The third-order valence-corrected chi connectivity index (χ3v) is 3.52. The SMILES string of the molecule is C=C(C)CN(c1cccc(C)c1)C1CCNCC1. The molecular formula is C16H24N2. The van der Waals surface area contributed by atoms with E-state index in [1.165, 1.54) is 29.7 Å². The van der Waals surface area contributed by atoms with Crippen LogP contribution in [0.15, 0.2) is 36.4 Å². The van der Waals surface area contributed by atoms with Gasteiger partial charge in [-0.15, -0.1) is 0 Å². The van der Waals surface area contributed by atoms with Gasteiger partial charge in [-0.1, -0.05) is 24.3 Å². The fraction of sp³-hybridized carbons (Fsp3) is 0.500. The number of rotatable bonds is 4. The van der Waals surface area contributed by atoms with Crippen molar-refractivity contribution in [2.45, 2.75) is 32.7 Å². The third-order valence-electron chi connectivity index (χ3n) is 3.52. The molecule has 1 fully saturated rings. The molecule has 0 unspecified atom stereocenters. The molecule has 1 aromatic carbocycles. The fourth-order valence-electron chi connectivity index (χ4n) is 2.65. The molecule has 0 amide bonds. The van der Waals surface area contributed by atoms with Crippen LogP contribution in [-0.4, -0.2) is 25.7 Å². The minimum absolute atomic E-state index is 0.643. The van der Waals surface area contributed by atoms with Gasteiger partial charge < -0.3 is 10.2 Å². The Morgan fingerprint density at radius 2 is 2.11 bits per heavy atom. The zero-order valence-corrected chi connectivity index (χ0v) is 11.6. The van der Waals surface area contributed by atoms with Gasteiger partial charge in [0.2, 0.25) is 0 Å². The second-order valence-electron chi connectivity index (χ2n) is 5.41. The first-order valence-electron chi connectivity index (χ1n) is 6.85. The first-order valence-corrected chi connectivity index (χ1v) is 6.85. The summed E-state index contributed by atoms with van der Waals surface area (Å²) in [7, 11) is 0. The Hall–Kier alpha value is -1.28. The molecule has 1 aromatic rings. The molecule has 1 aliphatic heterocycles. The molecule has 2 nitrogen and oxygen atoms in total. The van der Waals surface area contributed by atoms with E-state index in [0.717, 1.165) is 19.6 Å². The average molecular weight is 244 g/mol. The number of hydrogen-bond acceptors (Lipinski definition) is 2. The Morgan fingerprint density at radius 1 is 1.39 bits per heavy atom. The van der Waals surface area contributed by atoms with Crippen molar-refractivity contribution in [3.63, 3.8) is 0 Å². The summed E-state index contributed by atoms with van der Waals surface area (Å²) >= 11 is 0. The smallest absolute Gasteiger partial charge is 0.0386 e. The normalized spacial score (nSPS) is 16.6. The molecule has 98 valence electrons. The molecular weight excluding hydrogens is 220 g/mol. The summed E-state index contributed by atoms with van der Waals surface area (Å²) in [6.45, 7) is 11.6. The lowest BCUT2D eigenvalue weighted by Gasteiger charge is -2.36. The van der Waals surface area contributed by atoms with E-state index in [4.69, 9.17) is 0 Å². The Labute approximate surface area is 111 Å². The van der Waals surface area contributed by atoms with Crippen LogP contribution in [-0.2, 0) is 0 Å². The van der Waals surface area contributed by atoms with Crippen LogP contribution in [0, 0.1) is 6.92 Å². The first-order chi connectivity index (χ1) is 8.66. The number of piperidine rings is 1. The number of benzene rings is 1. The van der Waals surface area contributed by atoms with Crippen LogP contribution < -0.4 is 10.2 Å². The fourth-order valence-corrected chi connectivity index (χ4v) is 2.65. The zero-order chi connectivity index (χ0) is 13.0. The minimum Gasteiger partial charge on any atom is -0.364 e. The number of anilines is 1. The summed E-state index contributed by atoms with van der Waals surface area (Å²) in [5.41, 5.74) is 3.90. The summed E-state index contributed by atoms with van der Waals surface area (Å²) in [6.07, 6.45) is 2.45. The van der Waals surface area contributed by atoms with Crippen molar-refractivity contribution < 1.29 is 0 Å². The third kappa shape index (κ3) is 3.36. The van der Waals surface area contributed by atoms with Gasteiger partial charge >= 0.3 is 0 Å². The number of nitrogens with zero attached hydrogens (tertiary/aromatic N) is 1. The van der Waals surface area contributed by atoms with Gasteiger partial charge in [0.1, 0.15) is 0 Å². The maximum Gasteiger partial charge on any atom is 0.0386 e. The summed E-state index contributed by atoms with van der Waals surface area (Å²) in [5, 5.41) is 3.44. The molecule has 0 radical (unpaired) electrons. The number of nitrogens with one attached hydrogen (secondary N) is 1. The van der Waals surface area contributed by atoms with E-state index in [2.05, 4.69) is 54.9 Å². The minimum atomic E-state index is 0.643. The molecule has 0 bridgehead atoms. The highest BCUT2D eigenvalue weighted by molar-refractivity contribution is 5.50. The lowest BCUT2D eigenvalue weighted by atomic mass is 10.0.